The molecule has 1 aromatic rings. The Morgan fingerprint density at radius 2 is 1.82 bits per heavy atom. The van der Waals surface area contributed by atoms with Crippen molar-refractivity contribution in [1.82, 2.24) is 4.98 Å². The van der Waals surface area contributed by atoms with Crippen LogP contribution < -0.4 is 5.73 Å². The lowest BCUT2D eigenvalue weighted by atomic mass is 9.95. The van der Waals surface area contributed by atoms with Gasteiger partial charge in [0.2, 0.25) is 0 Å². The van der Waals surface area contributed by atoms with Crippen LogP contribution in [0.3, 0.4) is 0 Å². The maximum Gasteiger partial charge on any atom is 0.107 e. The van der Waals surface area contributed by atoms with Gasteiger partial charge in [0.25, 0.3) is 0 Å². The monoisotopic (exact) mass is 254 g/mol. The highest BCUT2D eigenvalue weighted by atomic mass is 32.1. The molecule has 0 amide bonds. The molecule has 2 rings (SSSR count). The number of nitrogens with zero attached hydrogens (tertiary/aromatic N) is 1. The van der Waals surface area contributed by atoms with E-state index in [1.54, 1.807) is 11.3 Å². The van der Waals surface area contributed by atoms with Gasteiger partial charge in [0.05, 0.1) is 16.2 Å². The maximum atomic E-state index is 6.06. The Kier molecular flexibility index (Phi) is 2.70. The molecule has 0 saturated heterocycles. The SMILES string of the molecule is CC(C)(CN)c1nc2c(s1)C(C)(C)OC2(C)C. The molecule has 2 heterocycles. The fraction of sp³-hybridized carbons (Fsp3) is 0.769. The topological polar surface area (TPSA) is 48.1 Å². The average molecular weight is 254 g/mol. The molecule has 2 N–H and O–H groups in total. The Labute approximate surface area is 107 Å². The van der Waals surface area contributed by atoms with Crippen molar-refractivity contribution in [3.05, 3.63) is 15.6 Å². The van der Waals surface area contributed by atoms with Gasteiger partial charge in [-0.25, -0.2) is 4.98 Å². The molecule has 0 bridgehead atoms. The van der Waals surface area contributed by atoms with Crippen LogP contribution in [0.5, 0.6) is 0 Å². The lowest BCUT2D eigenvalue weighted by molar-refractivity contribution is -0.105. The zero-order valence-corrected chi connectivity index (χ0v) is 12.4. The van der Waals surface area contributed by atoms with Crippen LogP contribution in [-0.4, -0.2) is 11.5 Å². The zero-order chi connectivity index (χ0) is 13.1. The molecule has 0 aliphatic carbocycles. The van der Waals surface area contributed by atoms with Crippen LogP contribution in [0.4, 0.5) is 0 Å². The highest BCUT2D eigenvalue weighted by Gasteiger charge is 2.47. The van der Waals surface area contributed by atoms with E-state index < -0.39 is 0 Å². The maximum absolute atomic E-state index is 6.06. The van der Waals surface area contributed by atoms with E-state index in [0.717, 1.165) is 10.7 Å². The normalized spacial score (nSPS) is 21.6. The second-order valence-corrected chi connectivity index (χ2v) is 7.41. The highest BCUT2D eigenvalue weighted by molar-refractivity contribution is 7.12. The predicted molar refractivity (Wildman–Crippen MR) is 71.3 cm³/mol. The minimum Gasteiger partial charge on any atom is -0.358 e. The van der Waals surface area contributed by atoms with Gasteiger partial charge in [-0.05, 0) is 27.7 Å². The van der Waals surface area contributed by atoms with E-state index in [4.69, 9.17) is 15.5 Å². The molecule has 0 atom stereocenters. The van der Waals surface area contributed by atoms with Gasteiger partial charge in [0.1, 0.15) is 10.6 Å². The summed E-state index contributed by atoms with van der Waals surface area (Å²) in [5.74, 6) is 0. The number of hydrogen-bond donors (Lipinski definition) is 1. The van der Waals surface area contributed by atoms with Crippen LogP contribution in [0.1, 0.15) is 57.1 Å². The molecule has 0 spiro atoms. The molecule has 0 unspecified atom stereocenters. The molecule has 96 valence electrons. The van der Waals surface area contributed by atoms with Gasteiger partial charge in [0.15, 0.2) is 0 Å². The third-order valence-corrected chi connectivity index (χ3v) is 5.07. The number of hydrogen-bond acceptors (Lipinski definition) is 4. The molecule has 1 aliphatic rings. The Bertz CT molecular complexity index is 415. The van der Waals surface area contributed by atoms with E-state index in [9.17, 15) is 0 Å². The molecule has 0 fully saturated rings. The number of thiazole rings is 1. The first-order chi connectivity index (χ1) is 7.60. The number of nitrogens with two attached hydrogens (primary N) is 1. The highest BCUT2D eigenvalue weighted by Crippen LogP contribution is 2.50. The van der Waals surface area contributed by atoms with Gasteiger partial charge in [0, 0.05) is 12.0 Å². The average Bonchev–Trinajstić information content (AvgIpc) is 2.67. The molecule has 3 nitrogen and oxygen atoms in total. The Morgan fingerprint density at radius 1 is 1.24 bits per heavy atom. The van der Waals surface area contributed by atoms with Crippen LogP contribution >= 0.6 is 11.3 Å². The van der Waals surface area contributed by atoms with Crippen molar-refractivity contribution in [3.8, 4) is 0 Å². The van der Waals surface area contributed by atoms with Crippen LogP contribution in [0.25, 0.3) is 0 Å². The second-order valence-electron chi connectivity index (χ2n) is 6.41. The van der Waals surface area contributed by atoms with Crippen molar-refractivity contribution in [2.75, 3.05) is 6.54 Å². The summed E-state index contributed by atoms with van der Waals surface area (Å²) in [6.07, 6.45) is 0. The van der Waals surface area contributed by atoms with E-state index in [2.05, 4.69) is 41.5 Å². The summed E-state index contributed by atoms with van der Waals surface area (Å²) < 4.78 is 6.06. The van der Waals surface area contributed by atoms with Crippen LogP contribution in [0.2, 0.25) is 0 Å². The fourth-order valence-electron chi connectivity index (χ4n) is 2.25. The second kappa shape index (κ2) is 3.53. The van der Waals surface area contributed by atoms with Gasteiger partial charge in [-0.1, -0.05) is 13.8 Å². The van der Waals surface area contributed by atoms with E-state index in [0.29, 0.717) is 6.54 Å². The fourth-order valence-corrected chi connectivity index (χ4v) is 3.61. The molecule has 0 aromatic carbocycles. The summed E-state index contributed by atoms with van der Waals surface area (Å²) >= 11 is 1.75. The van der Waals surface area contributed by atoms with Gasteiger partial charge in [-0.2, -0.15) is 0 Å². The van der Waals surface area contributed by atoms with Crippen LogP contribution in [0, 0.1) is 0 Å². The quantitative estimate of drug-likeness (QED) is 0.883. The largest absolute Gasteiger partial charge is 0.358 e. The number of rotatable bonds is 2. The molecule has 4 heteroatoms. The molecular formula is C13H22N2OS. The first-order valence-corrected chi connectivity index (χ1v) is 6.84. The van der Waals surface area contributed by atoms with Gasteiger partial charge in [-0.15, -0.1) is 11.3 Å². The van der Waals surface area contributed by atoms with Crippen molar-refractivity contribution < 1.29 is 4.74 Å². The third kappa shape index (κ3) is 1.92. The molecule has 1 aliphatic heterocycles. The third-order valence-electron chi connectivity index (χ3n) is 3.34. The smallest absolute Gasteiger partial charge is 0.107 e. The van der Waals surface area contributed by atoms with Crippen molar-refractivity contribution >= 4 is 11.3 Å². The van der Waals surface area contributed by atoms with E-state index in [1.807, 2.05) is 0 Å². The minimum atomic E-state index is -0.293. The van der Waals surface area contributed by atoms with Crippen molar-refractivity contribution in [3.63, 3.8) is 0 Å². The first-order valence-electron chi connectivity index (χ1n) is 6.03. The van der Waals surface area contributed by atoms with E-state index >= 15 is 0 Å². The Balaban J connectivity index is 2.54. The molecule has 1 aromatic heterocycles. The summed E-state index contributed by atoms with van der Waals surface area (Å²) in [6, 6.07) is 0. The van der Waals surface area contributed by atoms with E-state index in [1.165, 1.54) is 4.88 Å². The number of aromatic nitrogens is 1. The van der Waals surface area contributed by atoms with Crippen molar-refractivity contribution in [2.45, 2.75) is 58.2 Å². The summed E-state index contributed by atoms with van der Waals surface area (Å²) in [4.78, 5) is 6.04. The van der Waals surface area contributed by atoms with Gasteiger partial charge < -0.3 is 10.5 Å². The first kappa shape index (κ1) is 13.0. The van der Waals surface area contributed by atoms with Crippen molar-refractivity contribution in [1.29, 1.82) is 0 Å². The minimum absolute atomic E-state index is 0.0544. The standard InChI is InChI=1S/C13H22N2OS/c1-11(2,7-14)10-15-8-9(17-10)13(5,6)16-12(8,3)4/h7,14H2,1-6H3. The Morgan fingerprint density at radius 3 is 2.29 bits per heavy atom. The summed E-state index contributed by atoms with van der Waals surface area (Å²) in [5.41, 5.74) is 6.33. The summed E-state index contributed by atoms with van der Waals surface area (Å²) in [6.45, 7) is 13.3. The van der Waals surface area contributed by atoms with E-state index in [-0.39, 0.29) is 16.6 Å². The lowest BCUT2D eigenvalue weighted by Crippen LogP contribution is -2.29. The zero-order valence-electron chi connectivity index (χ0n) is 11.5. The molecule has 17 heavy (non-hydrogen) atoms. The summed E-state index contributed by atoms with van der Waals surface area (Å²) in [5, 5.41) is 1.12. The number of fused-ring (bicyclic) bond motifs is 1. The lowest BCUT2D eigenvalue weighted by Gasteiger charge is -2.26. The molecular weight excluding hydrogens is 232 g/mol. The summed E-state index contributed by atoms with van der Waals surface area (Å²) in [7, 11) is 0. The Hall–Kier alpha value is -0.450. The molecule has 0 saturated carbocycles. The van der Waals surface area contributed by atoms with Gasteiger partial charge >= 0.3 is 0 Å². The van der Waals surface area contributed by atoms with Crippen LogP contribution in [-0.2, 0) is 21.4 Å². The van der Waals surface area contributed by atoms with Gasteiger partial charge in [-0.3, -0.25) is 0 Å². The van der Waals surface area contributed by atoms with Crippen LogP contribution in [0.15, 0.2) is 0 Å². The van der Waals surface area contributed by atoms with Crippen molar-refractivity contribution in [2.24, 2.45) is 5.73 Å². The molecule has 0 radical (unpaired) electrons. The predicted octanol–water partition coefficient (Wildman–Crippen LogP) is 2.88. The number of ether oxygens (including phenoxy) is 1.